The minimum atomic E-state index is -1.50. The van der Waals surface area contributed by atoms with Crippen LogP contribution < -0.4 is 0 Å². The second kappa shape index (κ2) is 115. The van der Waals surface area contributed by atoms with Crippen LogP contribution in [0.2, 0.25) is 0 Å². The molecular weight excluding hydrogens is 214 g/mol. The van der Waals surface area contributed by atoms with Gasteiger partial charge in [-0.25, -0.2) is 0 Å². The minimum absolute atomic E-state index is 0. The van der Waals surface area contributed by atoms with Crippen molar-refractivity contribution in [3.8, 4) is 0 Å². The van der Waals surface area contributed by atoms with E-state index in [0.29, 0.717) is 0 Å². The molecule has 0 aromatic rings. The van der Waals surface area contributed by atoms with Crippen molar-refractivity contribution in [2.24, 2.45) is 0 Å². The monoisotopic (exact) mass is 231 g/mol. The Morgan fingerprint density at radius 3 is 0.833 bits per heavy atom. The van der Waals surface area contributed by atoms with Crippen LogP contribution in [0, 0.1) is 10.1 Å². The third kappa shape index (κ3) is 26600. The Balaban J connectivity index is -0.00000000161. The van der Waals surface area contributed by atoms with Crippen molar-refractivity contribution in [1.29, 1.82) is 0 Å². The number of hydrogen-bond donors (Lipinski definition) is 1. The summed E-state index contributed by atoms with van der Waals surface area (Å²) in [4.78, 5) is 8.36. The molecule has 0 bridgehead atoms. The van der Waals surface area contributed by atoms with Crippen LogP contribution in [-0.2, 0) is 0 Å². The summed E-state index contributed by atoms with van der Waals surface area (Å²) in [6.07, 6.45) is 0. The van der Waals surface area contributed by atoms with E-state index < -0.39 is 5.09 Å². The molecule has 12 heteroatoms. The summed E-state index contributed by atoms with van der Waals surface area (Å²) in [6, 6.07) is 0. The molecule has 12 heavy (non-hydrogen) atoms. The van der Waals surface area contributed by atoms with E-state index in [1.165, 1.54) is 0 Å². The first kappa shape index (κ1) is 151. The molecule has 0 radical (unpaired) electrons. The van der Waals surface area contributed by atoms with Crippen molar-refractivity contribution in [2.45, 2.75) is 0 Å². The number of rotatable bonds is 0. The van der Waals surface area contributed by atoms with Crippen LogP contribution >= 0.6 is 0 Å². The first-order chi connectivity index (χ1) is 1.73. The van der Waals surface area contributed by atoms with E-state index in [9.17, 15) is 0 Å². The Hall–Kier alpha value is 0.180. The van der Waals surface area contributed by atoms with Gasteiger partial charge in [-0.1, -0.05) is 0 Å². The van der Waals surface area contributed by atoms with Gasteiger partial charge in [-0.15, -0.1) is 10.1 Å². The Labute approximate surface area is 96.3 Å². The fraction of sp³-hybridized carbons (Fsp3) is 0. The van der Waals surface area contributed by atoms with Gasteiger partial charge in [0.05, 0.1) is 0 Å². The summed E-state index contributed by atoms with van der Waals surface area (Å²) in [7, 11) is 0. The fourth-order valence-electron chi connectivity index (χ4n) is 0. The summed E-state index contributed by atoms with van der Waals surface area (Å²) < 4.78 is 0. The van der Waals surface area contributed by atoms with Gasteiger partial charge in [-0.05, 0) is 0 Å². The van der Waals surface area contributed by atoms with Gasteiger partial charge in [0.25, 0.3) is 5.09 Å². The third-order valence-electron chi connectivity index (χ3n) is 0. The summed E-state index contributed by atoms with van der Waals surface area (Å²) in [6.45, 7) is 0. The Morgan fingerprint density at radius 2 is 0.833 bits per heavy atom. The molecule has 0 atom stereocenters. The van der Waals surface area contributed by atoms with E-state index in [1.807, 2.05) is 0 Å². The molecule has 0 amide bonds. The molecule has 0 unspecified atom stereocenters. The van der Waals surface area contributed by atoms with E-state index in [-0.39, 0.29) is 76.1 Å². The molecule has 0 spiro atoms. The van der Waals surface area contributed by atoms with Gasteiger partial charge in [0.1, 0.15) is 0 Å². The van der Waals surface area contributed by atoms with Crippen LogP contribution in [0.1, 0.15) is 0 Å². The van der Waals surface area contributed by atoms with Crippen molar-refractivity contribution >= 4 is 37.7 Å². The Morgan fingerprint density at radius 1 is 0.833 bits per heavy atom. The third-order valence-corrected chi connectivity index (χ3v) is 0. The van der Waals surface area contributed by atoms with E-state index in [0.717, 1.165) is 0 Å². The zero-order chi connectivity index (χ0) is 3.58. The van der Waals surface area contributed by atoms with Crippen LogP contribution in [0.3, 0.4) is 0 Å². The molecule has 0 rings (SSSR count). The normalized spacial score (nSPS) is 2.00. The molecule has 0 aliphatic rings. The van der Waals surface area contributed by atoms with Gasteiger partial charge in [0.15, 0.2) is 0 Å². The summed E-state index contributed by atoms with van der Waals surface area (Å²) in [5, 5.41) is 13.6. The molecule has 0 fully saturated rings. The topological polar surface area (TPSA) is 284 Å². The van der Waals surface area contributed by atoms with Crippen LogP contribution in [0.5, 0.6) is 0 Å². The molecule has 0 saturated carbocycles. The molecule has 0 aromatic heterocycles. The molecular formula is H17CaNO10. The molecule has 11 nitrogen and oxygen atoms in total. The maximum absolute atomic E-state index is 8.36. The maximum atomic E-state index is 8.36. The van der Waals surface area contributed by atoms with Gasteiger partial charge in [-0.3, -0.25) is 0 Å². The van der Waals surface area contributed by atoms with Crippen LogP contribution in [0.15, 0.2) is 0 Å². The quantitative estimate of drug-likeness (QED) is 0.241. The predicted molar refractivity (Wildman–Crippen MR) is 42.6 cm³/mol. The van der Waals surface area contributed by atoms with E-state index in [4.69, 9.17) is 15.3 Å². The van der Waals surface area contributed by atoms with E-state index >= 15 is 0 Å². The summed E-state index contributed by atoms with van der Waals surface area (Å²) in [5.41, 5.74) is 0. The molecule has 0 heterocycles. The molecule has 0 aromatic carbocycles. The molecule has 15 N–H and O–H groups in total. The van der Waals surface area contributed by atoms with Gasteiger partial charge >= 0.3 is 37.7 Å². The van der Waals surface area contributed by atoms with Crippen molar-refractivity contribution < 1.29 is 48.6 Å². The first-order valence-corrected chi connectivity index (χ1v) is 0.565. The van der Waals surface area contributed by atoms with Gasteiger partial charge in [0.2, 0.25) is 0 Å². The second-order valence-corrected chi connectivity index (χ2v) is 0.238. The van der Waals surface area contributed by atoms with Crippen LogP contribution in [-0.4, -0.2) is 86.4 Å². The van der Waals surface area contributed by atoms with Crippen molar-refractivity contribution in [3.63, 3.8) is 0 Å². The Kier molecular flexibility index (Phi) is 1440. The van der Waals surface area contributed by atoms with Gasteiger partial charge < -0.3 is 43.5 Å². The SMILES string of the molecule is O.O.O.O.O.O.O.O=[N+]([O-])O.[CaH2]. The van der Waals surface area contributed by atoms with Gasteiger partial charge in [0, 0.05) is 0 Å². The second-order valence-electron chi connectivity index (χ2n) is 0.238. The predicted octanol–water partition coefficient (Wildman–Crippen LogP) is -7.04. The summed E-state index contributed by atoms with van der Waals surface area (Å²) >= 11 is 0. The number of hydrogen-bond acceptors (Lipinski definition) is 2. The Bertz CT molecular complexity index is 32.8. The van der Waals surface area contributed by atoms with E-state index in [2.05, 4.69) is 0 Å². The molecule has 0 saturated heterocycles. The van der Waals surface area contributed by atoms with Crippen molar-refractivity contribution in [2.75, 3.05) is 0 Å². The fourth-order valence-corrected chi connectivity index (χ4v) is 0. The van der Waals surface area contributed by atoms with Gasteiger partial charge in [-0.2, -0.15) is 0 Å². The zero-order valence-electron chi connectivity index (χ0n) is 5.21. The van der Waals surface area contributed by atoms with Crippen molar-refractivity contribution in [3.05, 3.63) is 10.1 Å². The zero-order valence-corrected chi connectivity index (χ0v) is 5.21. The average Bonchev–Trinajstić information content (AvgIpc) is 0.811. The van der Waals surface area contributed by atoms with E-state index in [1.54, 1.807) is 0 Å². The van der Waals surface area contributed by atoms with Crippen LogP contribution in [0.25, 0.3) is 0 Å². The average molecular weight is 231 g/mol. The number of nitrogens with zero attached hydrogens (tertiary/aromatic N) is 1. The molecule has 84 valence electrons. The van der Waals surface area contributed by atoms with Crippen LogP contribution in [0.4, 0.5) is 0 Å². The van der Waals surface area contributed by atoms with Crippen molar-refractivity contribution in [1.82, 2.24) is 0 Å². The first-order valence-electron chi connectivity index (χ1n) is 0.565. The standard InChI is InChI=1S/Ca.HNO3.7H2O.2H/c;2-1(3)4;;;;;;;;;/h;(H,2,3,4);7*1H2;;. The summed E-state index contributed by atoms with van der Waals surface area (Å²) in [5.74, 6) is 0. The molecule has 0 aliphatic heterocycles. The molecule has 0 aliphatic carbocycles.